The van der Waals surface area contributed by atoms with Gasteiger partial charge >= 0.3 is 6.03 Å². The Bertz CT molecular complexity index is 1120. The first-order valence-electron chi connectivity index (χ1n) is 11.8. The molecule has 2 aromatic carbocycles. The van der Waals surface area contributed by atoms with Crippen LogP contribution in [0.3, 0.4) is 0 Å². The van der Waals surface area contributed by atoms with E-state index in [2.05, 4.69) is 22.3 Å². The van der Waals surface area contributed by atoms with Crippen LogP contribution in [0.15, 0.2) is 42.5 Å². The summed E-state index contributed by atoms with van der Waals surface area (Å²) < 4.78 is 5.58. The van der Waals surface area contributed by atoms with E-state index in [1.807, 2.05) is 37.3 Å². The smallest absolute Gasteiger partial charge is 0.325 e. The number of fused-ring (bicyclic) bond motifs is 1. The number of urea groups is 1. The molecule has 1 N–H and O–H groups in total. The molecule has 0 saturated carbocycles. The summed E-state index contributed by atoms with van der Waals surface area (Å²) in [4.78, 5) is 43.8. The number of nitrogens with zero attached hydrogens (tertiary/aromatic N) is 3. The number of hydrogen-bond donors (Lipinski definition) is 1. The van der Waals surface area contributed by atoms with Crippen molar-refractivity contribution < 1.29 is 19.1 Å². The molecule has 3 aliphatic heterocycles. The Balaban J connectivity index is 1.16. The van der Waals surface area contributed by atoms with Crippen molar-refractivity contribution in [2.45, 2.75) is 32.4 Å². The van der Waals surface area contributed by atoms with Crippen molar-refractivity contribution in [2.75, 3.05) is 39.3 Å². The van der Waals surface area contributed by atoms with Crippen LogP contribution in [0.1, 0.15) is 29.2 Å². The normalized spacial score (nSPS) is 22.5. The Labute approximate surface area is 199 Å². The molecule has 5 rings (SSSR count). The van der Waals surface area contributed by atoms with E-state index in [0.717, 1.165) is 48.9 Å². The molecule has 34 heavy (non-hydrogen) atoms. The van der Waals surface area contributed by atoms with Gasteiger partial charge in [0.15, 0.2) is 0 Å². The Morgan fingerprint density at radius 1 is 1.06 bits per heavy atom. The van der Waals surface area contributed by atoms with Gasteiger partial charge < -0.3 is 15.0 Å². The van der Waals surface area contributed by atoms with Gasteiger partial charge in [-0.1, -0.05) is 42.0 Å². The molecule has 8 heteroatoms. The highest BCUT2D eigenvalue weighted by atomic mass is 16.5. The second-order valence-electron chi connectivity index (χ2n) is 9.51. The highest BCUT2D eigenvalue weighted by Gasteiger charge is 2.49. The van der Waals surface area contributed by atoms with Crippen molar-refractivity contribution in [2.24, 2.45) is 0 Å². The predicted molar refractivity (Wildman–Crippen MR) is 126 cm³/mol. The summed E-state index contributed by atoms with van der Waals surface area (Å²) in [6.45, 7) is 7.65. The van der Waals surface area contributed by atoms with Crippen LogP contribution in [0.4, 0.5) is 4.79 Å². The first-order valence-corrected chi connectivity index (χ1v) is 11.8. The zero-order valence-electron chi connectivity index (χ0n) is 19.7. The van der Waals surface area contributed by atoms with Crippen LogP contribution in [-0.2, 0) is 28.1 Å². The lowest BCUT2D eigenvalue weighted by molar-refractivity contribution is -0.139. The summed E-state index contributed by atoms with van der Waals surface area (Å²) in [6.07, 6.45) is 0.956. The average Bonchev–Trinajstić information content (AvgIpc) is 3.38. The van der Waals surface area contributed by atoms with Crippen molar-refractivity contribution in [3.63, 3.8) is 0 Å². The van der Waals surface area contributed by atoms with Gasteiger partial charge in [0.05, 0.1) is 6.61 Å². The molecule has 2 saturated heterocycles. The fraction of sp³-hybridized carbons (Fsp3) is 0.423. The van der Waals surface area contributed by atoms with Gasteiger partial charge in [-0.15, -0.1) is 0 Å². The summed E-state index contributed by atoms with van der Waals surface area (Å²) in [5, 5.41) is 2.78. The number of carbonyl (C=O) groups is 3. The summed E-state index contributed by atoms with van der Waals surface area (Å²) in [5.74, 6) is 0.387. The first kappa shape index (κ1) is 22.4. The minimum absolute atomic E-state index is 0.203. The fourth-order valence-electron chi connectivity index (χ4n) is 4.91. The number of aryl methyl sites for hydroxylation is 1. The monoisotopic (exact) mass is 462 g/mol. The van der Waals surface area contributed by atoms with Gasteiger partial charge in [-0.05, 0) is 36.6 Å². The molecule has 3 aliphatic rings. The van der Waals surface area contributed by atoms with Gasteiger partial charge in [0.2, 0.25) is 5.91 Å². The summed E-state index contributed by atoms with van der Waals surface area (Å²) in [7, 11) is 0. The number of imide groups is 1. The third-order valence-corrected chi connectivity index (χ3v) is 7.08. The van der Waals surface area contributed by atoms with E-state index in [9.17, 15) is 14.4 Å². The molecule has 0 spiro atoms. The van der Waals surface area contributed by atoms with E-state index < -0.39 is 17.5 Å². The molecule has 0 radical (unpaired) electrons. The molecular formula is C26H30N4O4. The summed E-state index contributed by atoms with van der Waals surface area (Å²) in [6, 6.07) is 13.3. The lowest BCUT2D eigenvalue weighted by Crippen LogP contribution is -2.51. The Morgan fingerprint density at radius 2 is 1.79 bits per heavy atom. The SMILES string of the molecule is Cc1ccc([C@@]2(C)NC(=O)N(CC(=O)N3CCN(Cc4ccc5c(c4)CCO5)CC3)C2=O)cc1. The van der Waals surface area contributed by atoms with E-state index in [-0.39, 0.29) is 12.5 Å². The molecule has 0 bridgehead atoms. The van der Waals surface area contributed by atoms with Crippen LogP contribution < -0.4 is 10.1 Å². The number of hydrogen-bond acceptors (Lipinski definition) is 5. The van der Waals surface area contributed by atoms with Crippen molar-refractivity contribution >= 4 is 17.8 Å². The topological polar surface area (TPSA) is 82.2 Å². The minimum Gasteiger partial charge on any atom is -0.493 e. The highest BCUT2D eigenvalue weighted by molar-refractivity contribution is 6.09. The largest absolute Gasteiger partial charge is 0.493 e. The van der Waals surface area contributed by atoms with Crippen LogP contribution in [0, 0.1) is 6.92 Å². The molecular weight excluding hydrogens is 432 g/mol. The van der Waals surface area contributed by atoms with Gasteiger partial charge in [-0.25, -0.2) is 4.79 Å². The van der Waals surface area contributed by atoms with Gasteiger partial charge in [0.25, 0.3) is 5.91 Å². The van der Waals surface area contributed by atoms with Crippen molar-refractivity contribution in [1.82, 2.24) is 20.0 Å². The zero-order chi connectivity index (χ0) is 23.9. The third kappa shape index (κ3) is 4.14. The maximum absolute atomic E-state index is 13.1. The Morgan fingerprint density at radius 3 is 2.53 bits per heavy atom. The lowest BCUT2D eigenvalue weighted by atomic mass is 9.91. The van der Waals surface area contributed by atoms with Crippen LogP contribution in [0.2, 0.25) is 0 Å². The minimum atomic E-state index is -1.16. The molecule has 2 aromatic rings. The summed E-state index contributed by atoms with van der Waals surface area (Å²) in [5.41, 5.74) is 3.12. The average molecular weight is 463 g/mol. The van der Waals surface area contributed by atoms with Crippen LogP contribution >= 0.6 is 0 Å². The maximum Gasteiger partial charge on any atom is 0.325 e. The lowest BCUT2D eigenvalue weighted by Gasteiger charge is -2.35. The van der Waals surface area contributed by atoms with Crippen LogP contribution in [0.5, 0.6) is 5.75 Å². The maximum atomic E-state index is 13.1. The molecule has 3 heterocycles. The molecule has 8 nitrogen and oxygen atoms in total. The van der Waals surface area contributed by atoms with Crippen LogP contribution in [-0.4, -0.2) is 71.9 Å². The van der Waals surface area contributed by atoms with Gasteiger partial charge in [-0.3, -0.25) is 19.4 Å². The van der Waals surface area contributed by atoms with Crippen LogP contribution in [0.25, 0.3) is 0 Å². The molecule has 4 amide bonds. The quantitative estimate of drug-likeness (QED) is 0.688. The fourth-order valence-corrected chi connectivity index (χ4v) is 4.91. The highest BCUT2D eigenvalue weighted by Crippen LogP contribution is 2.29. The van der Waals surface area contributed by atoms with E-state index in [0.29, 0.717) is 18.7 Å². The molecule has 2 fully saturated rings. The molecule has 1 atom stereocenters. The molecule has 0 unspecified atom stereocenters. The van der Waals surface area contributed by atoms with Gasteiger partial charge in [0.1, 0.15) is 17.8 Å². The van der Waals surface area contributed by atoms with E-state index in [1.165, 1.54) is 11.1 Å². The number of benzene rings is 2. The first-order chi connectivity index (χ1) is 16.3. The van der Waals surface area contributed by atoms with Gasteiger partial charge in [0, 0.05) is 39.1 Å². The van der Waals surface area contributed by atoms with Crippen molar-refractivity contribution in [1.29, 1.82) is 0 Å². The van der Waals surface area contributed by atoms with Crippen molar-refractivity contribution in [3.05, 3.63) is 64.7 Å². The Hall–Kier alpha value is -3.39. The Kier molecular flexibility index (Phi) is 5.77. The number of carbonyl (C=O) groups excluding carboxylic acids is 3. The second kappa shape index (κ2) is 8.76. The van der Waals surface area contributed by atoms with E-state index in [4.69, 9.17) is 4.74 Å². The number of piperazine rings is 1. The third-order valence-electron chi connectivity index (χ3n) is 7.08. The van der Waals surface area contributed by atoms with E-state index >= 15 is 0 Å². The number of ether oxygens (including phenoxy) is 1. The number of rotatable bonds is 5. The molecule has 0 aliphatic carbocycles. The summed E-state index contributed by atoms with van der Waals surface area (Å²) >= 11 is 0. The second-order valence-corrected chi connectivity index (χ2v) is 9.51. The molecule has 0 aromatic heterocycles. The zero-order valence-corrected chi connectivity index (χ0v) is 19.7. The number of nitrogens with one attached hydrogen (secondary N) is 1. The predicted octanol–water partition coefficient (Wildman–Crippen LogP) is 2.04. The van der Waals surface area contributed by atoms with E-state index in [1.54, 1.807) is 11.8 Å². The standard InChI is InChI=1S/C26H30N4O4/c1-18-3-6-21(7-4-18)26(2)24(32)30(25(33)27-26)17-23(31)29-12-10-28(11-13-29)16-19-5-8-22-20(15-19)9-14-34-22/h3-8,15H,9-14,16-17H2,1-2H3,(H,27,33)/t26-/m1/s1. The molecule has 178 valence electrons. The van der Waals surface area contributed by atoms with Gasteiger partial charge in [-0.2, -0.15) is 0 Å². The van der Waals surface area contributed by atoms with Crippen molar-refractivity contribution in [3.8, 4) is 5.75 Å². The number of amides is 4.